The quantitative estimate of drug-likeness (QED) is 0.493. The number of rotatable bonds is 9. The predicted molar refractivity (Wildman–Crippen MR) is 124 cm³/mol. The maximum Gasteiger partial charge on any atom is 0.138 e. The molecule has 0 aliphatic heterocycles. The Bertz CT molecular complexity index is 388. The fraction of sp³-hybridized carbons (Fsp3) is 0.917. The first-order valence-electron chi connectivity index (χ1n) is 10.6. The van der Waals surface area contributed by atoms with Crippen LogP contribution in [0, 0.1) is 29.6 Å². The van der Waals surface area contributed by atoms with Crippen molar-refractivity contribution in [2.45, 2.75) is 115 Å². The van der Waals surface area contributed by atoms with Crippen LogP contribution >= 0.6 is 0 Å². The monoisotopic (exact) mass is 420 g/mol. The fourth-order valence-electron chi connectivity index (χ4n) is 1.47. The summed E-state index contributed by atoms with van der Waals surface area (Å²) in [5.41, 5.74) is 0. The smallest absolute Gasteiger partial charge is 0.138 e. The van der Waals surface area contributed by atoms with E-state index in [1.807, 2.05) is 69.2 Å². The molecule has 0 rings (SSSR count). The Labute approximate surface area is 181 Å². The van der Waals surface area contributed by atoms with Gasteiger partial charge in [-0.2, -0.15) is 0 Å². The van der Waals surface area contributed by atoms with E-state index in [1.165, 1.54) is 0 Å². The first kappa shape index (κ1) is 35.6. The van der Waals surface area contributed by atoms with E-state index in [2.05, 4.69) is 0 Å². The van der Waals surface area contributed by atoms with Crippen LogP contribution in [0.1, 0.15) is 96.4 Å². The molecule has 0 saturated carbocycles. The third-order valence-corrected chi connectivity index (χ3v) is 4.66. The minimum atomic E-state index is -0.468. The van der Waals surface area contributed by atoms with Gasteiger partial charge in [-0.05, 0) is 31.1 Å². The van der Waals surface area contributed by atoms with Gasteiger partial charge >= 0.3 is 0 Å². The average molecular weight is 421 g/mol. The van der Waals surface area contributed by atoms with E-state index < -0.39 is 6.10 Å². The van der Waals surface area contributed by atoms with Crippen LogP contribution in [0.2, 0.25) is 0 Å². The highest BCUT2D eigenvalue weighted by Gasteiger charge is 2.17. The molecule has 0 aromatic carbocycles. The topological polar surface area (TPSA) is 94.8 Å². The Morgan fingerprint density at radius 1 is 0.621 bits per heavy atom. The summed E-state index contributed by atoms with van der Waals surface area (Å²) in [5, 5.41) is 28.1. The Morgan fingerprint density at radius 3 is 1.07 bits per heavy atom. The minimum absolute atomic E-state index is 0. The highest BCUT2D eigenvalue weighted by molar-refractivity contribution is 5.80. The number of hydrogen-bond donors (Lipinski definition) is 3. The normalized spacial score (nSPS) is 13.9. The molecule has 0 aliphatic carbocycles. The molecular weight excluding hydrogens is 368 g/mol. The fourth-order valence-corrected chi connectivity index (χ4v) is 1.47. The molecule has 0 radical (unpaired) electrons. The zero-order valence-electron chi connectivity index (χ0n) is 20.2. The van der Waals surface area contributed by atoms with Gasteiger partial charge in [0.1, 0.15) is 11.6 Å². The summed E-state index contributed by atoms with van der Waals surface area (Å²) < 4.78 is 0. The van der Waals surface area contributed by atoms with Crippen LogP contribution in [0.15, 0.2) is 0 Å². The second kappa shape index (κ2) is 19.2. The van der Waals surface area contributed by atoms with E-state index in [0.29, 0.717) is 12.8 Å². The van der Waals surface area contributed by atoms with E-state index in [-0.39, 0.29) is 60.8 Å². The van der Waals surface area contributed by atoms with Crippen LogP contribution in [0.5, 0.6) is 0 Å². The number of Topliss-reactive ketones (excluding diaryl/α,β-unsaturated/α-hetero) is 2. The number of aliphatic hydroxyl groups is 3. The minimum Gasteiger partial charge on any atom is -0.393 e. The van der Waals surface area contributed by atoms with Crippen molar-refractivity contribution in [2.75, 3.05) is 0 Å². The number of aliphatic hydroxyl groups excluding tert-OH is 3. The molecule has 0 aromatic heterocycles. The SMILES string of the molecule is C.CC(=O)C(C)C.CC(C)C(=O)CC(O)C(C)C.CC(C)C(O)CC(O)C(C)C. The Balaban J connectivity index is -0.000000166. The second-order valence-electron chi connectivity index (χ2n) is 9.26. The third kappa shape index (κ3) is 23.4. The van der Waals surface area contributed by atoms with Crippen molar-refractivity contribution in [2.24, 2.45) is 29.6 Å². The van der Waals surface area contributed by atoms with E-state index in [0.717, 1.165) is 0 Å². The van der Waals surface area contributed by atoms with Gasteiger partial charge in [0.05, 0.1) is 18.3 Å². The van der Waals surface area contributed by atoms with Gasteiger partial charge < -0.3 is 15.3 Å². The van der Waals surface area contributed by atoms with Crippen molar-refractivity contribution < 1.29 is 24.9 Å². The first-order valence-corrected chi connectivity index (χ1v) is 10.6. The molecule has 0 aromatic rings. The van der Waals surface area contributed by atoms with Gasteiger partial charge in [0.25, 0.3) is 0 Å². The third-order valence-electron chi connectivity index (χ3n) is 4.66. The van der Waals surface area contributed by atoms with Gasteiger partial charge in [0.15, 0.2) is 0 Å². The standard InChI is InChI=1S/C9H20O2.C9H18O2.C5H10O.CH4/c2*1-6(2)8(10)5-9(11)7(3)4;1-4(2)5(3)6;/h6-11H,5H2,1-4H3;6-8,10H,5H2,1-4H3;4H,1-3H3;1H4. The summed E-state index contributed by atoms with van der Waals surface area (Å²) in [6.45, 7) is 20.8. The van der Waals surface area contributed by atoms with Crippen LogP contribution in [-0.2, 0) is 9.59 Å². The Morgan fingerprint density at radius 2 is 0.897 bits per heavy atom. The second-order valence-corrected chi connectivity index (χ2v) is 9.26. The molecule has 5 nitrogen and oxygen atoms in total. The summed E-state index contributed by atoms with van der Waals surface area (Å²) in [6.07, 6.45) is -0.408. The van der Waals surface area contributed by atoms with Crippen molar-refractivity contribution in [3.63, 3.8) is 0 Å². The zero-order valence-corrected chi connectivity index (χ0v) is 20.2. The Kier molecular flexibility index (Phi) is 23.6. The maximum atomic E-state index is 11.1. The number of carbonyl (C=O) groups is 2. The van der Waals surface area contributed by atoms with Gasteiger partial charge in [0, 0.05) is 18.3 Å². The number of carbonyl (C=O) groups excluding carboxylic acids is 2. The largest absolute Gasteiger partial charge is 0.393 e. The van der Waals surface area contributed by atoms with Crippen LogP contribution < -0.4 is 0 Å². The van der Waals surface area contributed by atoms with E-state index in [9.17, 15) is 24.9 Å². The van der Waals surface area contributed by atoms with E-state index in [1.54, 1.807) is 6.92 Å². The molecule has 0 spiro atoms. The molecule has 5 heteroatoms. The van der Waals surface area contributed by atoms with Gasteiger partial charge in [-0.25, -0.2) is 0 Å². The molecule has 3 atom stereocenters. The van der Waals surface area contributed by atoms with Crippen LogP contribution in [-0.4, -0.2) is 45.2 Å². The van der Waals surface area contributed by atoms with Gasteiger partial charge in [-0.1, -0.05) is 76.7 Å². The molecule has 0 bridgehead atoms. The molecule has 0 saturated heterocycles. The van der Waals surface area contributed by atoms with Crippen molar-refractivity contribution in [1.29, 1.82) is 0 Å². The van der Waals surface area contributed by atoms with E-state index in [4.69, 9.17) is 0 Å². The predicted octanol–water partition coefficient (Wildman–Crippen LogP) is 4.90. The highest BCUT2D eigenvalue weighted by atomic mass is 16.3. The van der Waals surface area contributed by atoms with Gasteiger partial charge in [-0.15, -0.1) is 0 Å². The molecule has 178 valence electrons. The molecule has 0 fully saturated rings. The van der Waals surface area contributed by atoms with Crippen molar-refractivity contribution >= 4 is 11.6 Å². The summed E-state index contributed by atoms with van der Waals surface area (Å²) in [5.74, 6) is 1.32. The summed E-state index contributed by atoms with van der Waals surface area (Å²) in [4.78, 5) is 21.2. The van der Waals surface area contributed by atoms with E-state index >= 15 is 0 Å². The summed E-state index contributed by atoms with van der Waals surface area (Å²) in [7, 11) is 0. The lowest BCUT2D eigenvalue weighted by Crippen LogP contribution is -2.25. The van der Waals surface area contributed by atoms with Crippen molar-refractivity contribution in [1.82, 2.24) is 0 Å². The summed E-state index contributed by atoms with van der Waals surface area (Å²) >= 11 is 0. The zero-order chi connectivity index (χ0) is 23.2. The van der Waals surface area contributed by atoms with Crippen molar-refractivity contribution in [3.8, 4) is 0 Å². The molecule has 3 N–H and O–H groups in total. The molecule has 0 aliphatic rings. The summed E-state index contributed by atoms with van der Waals surface area (Å²) in [6, 6.07) is 0. The molecule has 29 heavy (non-hydrogen) atoms. The van der Waals surface area contributed by atoms with Crippen LogP contribution in [0.3, 0.4) is 0 Å². The van der Waals surface area contributed by atoms with Crippen molar-refractivity contribution in [3.05, 3.63) is 0 Å². The maximum absolute atomic E-state index is 11.1. The molecule has 3 unspecified atom stereocenters. The van der Waals surface area contributed by atoms with Gasteiger partial charge in [0.2, 0.25) is 0 Å². The number of hydrogen-bond acceptors (Lipinski definition) is 5. The molecular formula is C24H52O5. The number of ketones is 2. The average Bonchev–Trinajstić information content (AvgIpc) is 2.55. The highest BCUT2D eigenvalue weighted by Crippen LogP contribution is 2.13. The first-order chi connectivity index (χ1) is 12.5. The lowest BCUT2D eigenvalue weighted by molar-refractivity contribution is -0.124. The van der Waals surface area contributed by atoms with Gasteiger partial charge in [-0.3, -0.25) is 9.59 Å². The van der Waals surface area contributed by atoms with Crippen LogP contribution in [0.4, 0.5) is 0 Å². The molecule has 0 amide bonds. The molecule has 0 heterocycles. The van der Waals surface area contributed by atoms with Crippen LogP contribution in [0.25, 0.3) is 0 Å². The lowest BCUT2D eigenvalue weighted by Gasteiger charge is -2.20. The lowest BCUT2D eigenvalue weighted by atomic mass is 9.95. The Hall–Kier alpha value is -0.780.